The maximum atomic E-state index is 12.5. The van der Waals surface area contributed by atoms with Gasteiger partial charge >= 0.3 is 11.9 Å². The Kier molecular flexibility index (Phi) is 17.4. The Morgan fingerprint density at radius 2 is 0.983 bits per heavy atom. The Morgan fingerprint density at radius 1 is 0.569 bits per heavy atom. The highest BCUT2D eigenvalue weighted by molar-refractivity contribution is 5.74. The van der Waals surface area contributed by atoms with E-state index in [1.165, 1.54) is 0 Å². The minimum Gasteiger partial charge on any atom is -0.479 e. The van der Waals surface area contributed by atoms with Crippen molar-refractivity contribution in [1.82, 2.24) is 10.6 Å². The van der Waals surface area contributed by atoms with E-state index in [4.69, 9.17) is 48.4 Å². The number of carbonyl (C=O) groups is 4. The number of rotatable bonds is 17. The predicted molar refractivity (Wildman–Crippen MR) is 180 cm³/mol. The Bertz CT molecular complexity index is 1380. The van der Waals surface area contributed by atoms with E-state index in [2.05, 4.69) is 10.6 Å². The van der Waals surface area contributed by atoms with Crippen LogP contribution >= 0.6 is 0 Å². The van der Waals surface area contributed by atoms with Crippen LogP contribution < -0.4 is 16.4 Å². The van der Waals surface area contributed by atoms with Crippen molar-refractivity contribution in [2.45, 2.75) is 143 Å². The molecule has 4 saturated heterocycles. The third-order valence-electron chi connectivity index (χ3n) is 9.65. The Labute approximate surface area is 329 Å². The molecule has 14 N–H and O–H groups in total. The molecular weight excluding hydrogens is 794 g/mol. The van der Waals surface area contributed by atoms with Crippen molar-refractivity contribution in [3.8, 4) is 0 Å². The molecule has 20 atom stereocenters. The maximum absolute atomic E-state index is 12.5. The monoisotopic (exact) mass is 847 g/mol. The van der Waals surface area contributed by atoms with Gasteiger partial charge in [-0.25, -0.2) is 9.59 Å². The summed E-state index contributed by atoms with van der Waals surface area (Å²) in [6, 6.07) is -3.21. The highest BCUT2D eigenvalue weighted by atomic mass is 16.8. The Morgan fingerprint density at radius 3 is 1.40 bits per heavy atom. The van der Waals surface area contributed by atoms with Crippen LogP contribution in [0.3, 0.4) is 0 Å². The van der Waals surface area contributed by atoms with Crippen LogP contribution in [0.4, 0.5) is 0 Å². The Hall–Kier alpha value is -2.84. The van der Waals surface area contributed by atoms with Gasteiger partial charge in [-0.05, 0) is 6.92 Å². The normalized spacial score (nSPS) is 43.3. The van der Waals surface area contributed by atoms with Crippen LogP contribution in [0.25, 0.3) is 0 Å². The largest absolute Gasteiger partial charge is 0.479 e. The summed E-state index contributed by atoms with van der Waals surface area (Å²) < 4.78 is 50.0. The summed E-state index contributed by atoms with van der Waals surface area (Å²) in [6.07, 6.45) is -33.8. The summed E-state index contributed by atoms with van der Waals surface area (Å²) >= 11 is 0. The number of carboxylic acid groups (broad SMARTS) is 2. The van der Waals surface area contributed by atoms with E-state index in [1.807, 2.05) is 0 Å². The van der Waals surface area contributed by atoms with Crippen molar-refractivity contribution in [1.29, 1.82) is 0 Å². The molecule has 4 fully saturated rings. The summed E-state index contributed by atoms with van der Waals surface area (Å²) in [6.45, 7) is 1.75. The molecule has 26 nitrogen and oxygen atoms in total. The molecule has 0 saturated carbocycles. The number of hydrogen-bond acceptors (Lipinski definition) is 22. The molecule has 0 aromatic rings. The average molecular weight is 848 g/mol. The molecule has 0 aromatic heterocycles. The van der Waals surface area contributed by atoms with Crippen molar-refractivity contribution in [2.75, 3.05) is 33.0 Å². The van der Waals surface area contributed by atoms with Crippen molar-refractivity contribution in [3.63, 3.8) is 0 Å². The lowest BCUT2D eigenvalue weighted by molar-refractivity contribution is -0.371. The molecule has 0 aliphatic carbocycles. The van der Waals surface area contributed by atoms with Crippen LogP contribution in [0, 0.1) is 0 Å². The first-order valence-corrected chi connectivity index (χ1v) is 18.2. The second kappa shape index (κ2) is 21.1. The summed E-state index contributed by atoms with van der Waals surface area (Å²) in [5.41, 5.74) is 5.38. The van der Waals surface area contributed by atoms with Gasteiger partial charge in [0.05, 0.1) is 19.8 Å². The first-order chi connectivity index (χ1) is 27.4. The maximum Gasteiger partial charge on any atom is 0.335 e. The highest BCUT2D eigenvalue weighted by Crippen LogP contribution is 2.35. The molecule has 0 aromatic carbocycles. The first-order valence-electron chi connectivity index (χ1n) is 18.2. The molecule has 0 bridgehead atoms. The first kappa shape index (κ1) is 47.8. The smallest absolute Gasteiger partial charge is 0.335 e. The molecule has 2 amide bonds. The van der Waals surface area contributed by atoms with Gasteiger partial charge in [-0.15, -0.1) is 0 Å². The number of hydrogen-bond donors (Lipinski definition) is 13. The van der Waals surface area contributed by atoms with E-state index in [0.29, 0.717) is 0 Å². The van der Waals surface area contributed by atoms with Crippen LogP contribution in [0.2, 0.25) is 0 Å². The predicted octanol–water partition coefficient (Wildman–Crippen LogP) is -8.25. The van der Waals surface area contributed by atoms with Crippen LogP contribution in [0.15, 0.2) is 0 Å². The van der Waals surface area contributed by atoms with E-state index < -0.39 is 160 Å². The number of ether oxygens (including phenoxy) is 9. The molecule has 26 heteroatoms. The fourth-order valence-corrected chi connectivity index (χ4v) is 6.98. The van der Waals surface area contributed by atoms with E-state index >= 15 is 0 Å². The molecule has 58 heavy (non-hydrogen) atoms. The summed E-state index contributed by atoms with van der Waals surface area (Å²) in [5, 5.41) is 111. The number of aliphatic hydroxyl groups is 8. The van der Waals surface area contributed by atoms with Crippen LogP contribution in [0.1, 0.15) is 20.8 Å². The molecule has 4 aliphatic heterocycles. The quantitative estimate of drug-likeness (QED) is 0.0646. The molecule has 4 aliphatic rings. The number of aliphatic carboxylic acids is 2. The van der Waals surface area contributed by atoms with Gasteiger partial charge in [-0.2, -0.15) is 0 Å². The lowest BCUT2D eigenvalue weighted by atomic mass is 9.94. The second-order valence-electron chi connectivity index (χ2n) is 13.8. The average Bonchev–Trinajstić information content (AvgIpc) is 3.16. The highest BCUT2D eigenvalue weighted by Gasteiger charge is 2.57. The molecule has 0 spiro atoms. The topological polar surface area (TPSA) is 404 Å². The van der Waals surface area contributed by atoms with Crippen molar-refractivity contribution >= 4 is 23.8 Å². The number of aliphatic hydroxyl groups excluding tert-OH is 8. The van der Waals surface area contributed by atoms with Crippen LogP contribution in [-0.4, -0.2) is 230 Å². The SMILES string of the molecule is CCOC1C(CO)OC(OC2C(C(=O)O)OC(OC3C(CO)OC(OC4C(C(=O)O)OC(OCCN)C(O)C4O)C(NC(C)=O)C3O)C(O)C2O)C(NC(C)=O)C1O. The van der Waals surface area contributed by atoms with Gasteiger partial charge in [0.1, 0.15) is 85.3 Å². The zero-order valence-electron chi connectivity index (χ0n) is 31.4. The zero-order valence-corrected chi connectivity index (χ0v) is 31.4. The number of nitrogens with one attached hydrogen (secondary N) is 2. The molecule has 4 rings (SSSR count). The van der Waals surface area contributed by atoms with Gasteiger partial charge in [0.15, 0.2) is 37.4 Å². The number of carbonyl (C=O) groups excluding carboxylic acids is 2. The van der Waals surface area contributed by atoms with E-state index in [-0.39, 0.29) is 19.8 Å². The third kappa shape index (κ3) is 10.7. The van der Waals surface area contributed by atoms with Gasteiger partial charge in [0.2, 0.25) is 11.8 Å². The minimum absolute atomic E-state index is 0.0478. The molecule has 334 valence electrons. The Balaban J connectivity index is 1.56. The number of amides is 2. The van der Waals surface area contributed by atoms with Crippen LogP contribution in [0.5, 0.6) is 0 Å². The summed E-state index contributed by atoms with van der Waals surface area (Å²) in [5.74, 6) is -5.01. The second-order valence-corrected chi connectivity index (χ2v) is 13.8. The lowest BCUT2D eigenvalue weighted by Crippen LogP contribution is -2.70. The molecular formula is C32H53N3O23. The van der Waals surface area contributed by atoms with Gasteiger partial charge < -0.3 is 110 Å². The fraction of sp³-hybridized carbons (Fsp3) is 0.875. The van der Waals surface area contributed by atoms with Crippen LogP contribution in [-0.2, 0) is 61.8 Å². The fourth-order valence-electron chi connectivity index (χ4n) is 6.98. The molecule has 20 unspecified atom stereocenters. The number of carboxylic acids is 2. The lowest BCUT2D eigenvalue weighted by Gasteiger charge is -2.49. The van der Waals surface area contributed by atoms with Gasteiger partial charge in [-0.3, -0.25) is 9.59 Å². The van der Waals surface area contributed by atoms with Gasteiger partial charge in [0, 0.05) is 27.0 Å². The van der Waals surface area contributed by atoms with Crippen molar-refractivity contribution in [2.24, 2.45) is 5.73 Å². The van der Waals surface area contributed by atoms with E-state index in [1.54, 1.807) is 6.92 Å². The minimum atomic E-state index is -2.22. The zero-order chi connectivity index (χ0) is 43.2. The molecule has 0 radical (unpaired) electrons. The molecule has 4 heterocycles. The van der Waals surface area contributed by atoms with Gasteiger partial charge in [-0.1, -0.05) is 0 Å². The van der Waals surface area contributed by atoms with Crippen molar-refractivity contribution in [3.05, 3.63) is 0 Å². The van der Waals surface area contributed by atoms with Crippen molar-refractivity contribution < 1.29 is 113 Å². The van der Waals surface area contributed by atoms with E-state index in [9.17, 15) is 70.2 Å². The summed E-state index contributed by atoms with van der Waals surface area (Å²) in [7, 11) is 0. The van der Waals surface area contributed by atoms with E-state index in [0.717, 1.165) is 13.8 Å². The third-order valence-corrected chi connectivity index (χ3v) is 9.65. The standard InChI is InChI=1S/C32H53N3O23/c1-4-50-21-11(7-36)52-29(13(15(21)40)34-9(2)38)56-24-18(43)20(45)32(58-26(24)28(48)49)54-22-12(8-37)53-30(14(16(22)41)35-10(3)39)55-23-17(42)19(44)31(51-6-5-33)57-25(23)27(46)47/h11-26,29-32,36-37,40-45H,4-8,33H2,1-3H3,(H,34,38)(H,35,39)(H,46,47)(H,48,49). The van der Waals surface area contributed by atoms with Gasteiger partial charge in [0.25, 0.3) is 0 Å². The summed E-state index contributed by atoms with van der Waals surface area (Å²) in [4.78, 5) is 49.0. The number of nitrogens with two attached hydrogens (primary N) is 1.